The number of phosphoric ester groups is 1. The highest BCUT2D eigenvalue weighted by atomic mass is 32.2. The zero-order chi connectivity index (χ0) is 21.6. The first-order chi connectivity index (χ1) is 14.0. The molecule has 0 aromatic heterocycles. The molecule has 5 nitrogen and oxygen atoms in total. The van der Waals surface area contributed by atoms with Crippen molar-refractivity contribution in [3.05, 3.63) is 0 Å². The fourth-order valence-corrected chi connectivity index (χ4v) is 4.79. The SMILES string of the molecule is CCCCCCCCCCCCCCCCSCC(COCC)COP(=O)(O)O. The van der Waals surface area contributed by atoms with Gasteiger partial charge in [0.25, 0.3) is 0 Å². The summed E-state index contributed by atoms with van der Waals surface area (Å²) < 4.78 is 20.9. The Kier molecular flexibility index (Phi) is 22.0. The maximum Gasteiger partial charge on any atom is 0.469 e. The number of phosphoric acid groups is 1. The minimum absolute atomic E-state index is 0.0271. The molecule has 0 aliphatic rings. The van der Waals surface area contributed by atoms with Gasteiger partial charge in [0.2, 0.25) is 0 Å². The Morgan fingerprint density at radius 3 is 1.69 bits per heavy atom. The van der Waals surface area contributed by atoms with Crippen molar-refractivity contribution in [3.8, 4) is 0 Å². The molecule has 0 radical (unpaired) electrons. The summed E-state index contributed by atoms with van der Waals surface area (Å²) >= 11 is 1.83. The summed E-state index contributed by atoms with van der Waals surface area (Å²) in [5, 5.41) is 0. The van der Waals surface area contributed by atoms with Crippen LogP contribution in [0.2, 0.25) is 0 Å². The van der Waals surface area contributed by atoms with Crippen molar-refractivity contribution in [1.82, 2.24) is 0 Å². The molecule has 0 aliphatic heterocycles. The lowest BCUT2D eigenvalue weighted by atomic mass is 10.0. The van der Waals surface area contributed by atoms with E-state index in [1.165, 1.54) is 89.9 Å². The highest BCUT2D eigenvalue weighted by Gasteiger charge is 2.18. The lowest BCUT2D eigenvalue weighted by molar-refractivity contribution is 0.0855. The van der Waals surface area contributed by atoms with Crippen LogP contribution >= 0.6 is 19.6 Å². The molecule has 0 heterocycles. The predicted molar refractivity (Wildman–Crippen MR) is 126 cm³/mol. The molecule has 0 aromatic carbocycles. The summed E-state index contributed by atoms with van der Waals surface area (Å²) in [5.41, 5.74) is 0. The average molecular weight is 455 g/mol. The summed E-state index contributed by atoms with van der Waals surface area (Å²) in [5.74, 6) is 1.94. The molecule has 0 spiro atoms. The number of hydrogen-bond acceptors (Lipinski definition) is 4. The third-order valence-electron chi connectivity index (χ3n) is 5.03. The lowest BCUT2D eigenvalue weighted by Gasteiger charge is -2.16. The smallest absolute Gasteiger partial charge is 0.381 e. The molecule has 0 saturated carbocycles. The molecule has 7 heteroatoms. The quantitative estimate of drug-likeness (QED) is 0.128. The third kappa shape index (κ3) is 24.6. The van der Waals surface area contributed by atoms with Crippen LogP contribution in [0.1, 0.15) is 104 Å². The van der Waals surface area contributed by atoms with E-state index >= 15 is 0 Å². The van der Waals surface area contributed by atoms with E-state index in [2.05, 4.69) is 11.4 Å². The highest BCUT2D eigenvalue weighted by Crippen LogP contribution is 2.36. The maximum atomic E-state index is 10.9. The third-order valence-corrected chi connectivity index (χ3v) is 6.80. The Labute approximate surface area is 184 Å². The fourth-order valence-electron chi connectivity index (χ4n) is 3.28. The second-order valence-corrected chi connectivity index (χ2v) is 10.4. The summed E-state index contributed by atoms with van der Waals surface area (Å²) in [7, 11) is -4.39. The Balaban J connectivity index is 3.41. The second-order valence-electron chi connectivity index (χ2n) is 7.98. The Morgan fingerprint density at radius 1 is 0.759 bits per heavy atom. The largest absolute Gasteiger partial charge is 0.469 e. The van der Waals surface area contributed by atoms with Crippen molar-refractivity contribution >= 4 is 19.6 Å². The first kappa shape index (κ1) is 29.4. The summed E-state index contributed by atoms with van der Waals surface area (Å²) in [6.45, 7) is 5.34. The zero-order valence-electron chi connectivity index (χ0n) is 19.0. The van der Waals surface area contributed by atoms with Crippen LogP contribution in [0.3, 0.4) is 0 Å². The van der Waals surface area contributed by atoms with Crippen LogP contribution in [0.5, 0.6) is 0 Å². The van der Waals surface area contributed by atoms with E-state index in [4.69, 9.17) is 14.5 Å². The van der Waals surface area contributed by atoms with E-state index in [1.807, 2.05) is 18.7 Å². The Bertz CT molecular complexity index is 378. The van der Waals surface area contributed by atoms with Gasteiger partial charge in [-0.3, -0.25) is 4.52 Å². The fraction of sp³-hybridized carbons (Fsp3) is 1.00. The molecule has 1 atom stereocenters. The molecule has 0 aromatic rings. The molecule has 1 unspecified atom stereocenters. The minimum atomic E-state index is -4.39. The summed E-state index contributed by atoms with van der Waals surface area (Å²) in [6, 6.07) is 0. The van der Waals surface area contributed by atoms with Crippen LogP contribution in [0, 0.1) is 5.92 Å². The van der Waals surface area contributed by atoms with Crippen LogP contribution in [0.4, 0.5) is 0 Å². The van der Waals surface area contributed by atoms with E-state index in [0.29, 0.717) is 13.2 Å². The number of thioether (sulfide) groups is 1. The average Bonchev–Trinajstić information content (AvgIpc) is 2.68. The van der Waals surface area contributed by atoms with Gasteiger partial charge in [0.05, 0.1) is 13.2 Å². The van der Waals surface area contributed by atoms with Crippen molar-refractivity contribution in [1.29, 1.82) is 0 Å². The first-order valence-electron chi connectivity index (χ1n) is 11.8. The number of unbranched alkanes of at least 4 members (excludes halogenated alkanes) is 13. The second kappa shape index (κ2) is 21.6. The monoisotopic (exact) mass is 454 g/mol. The molecule has 176 valence electrons. The van der Waals surface area contributed by atoms with Crippen LogP contribution < -0.4 is 0 Å². The van der Waals surface area contributed by atoms with Crippen molar-refractivity contribution in [2.45, 2.75) is 104 Å². The minimum Gasteiger partial charge on any atom is -0.381 e. The van der Waals surface area contributed by atoms with Crippen molar-refractivity contribution in [3.63, 3.8) is 0 Å². The van der Waals surface area contributed by atoms with Crippen LogP contribution in [0.25, 0.3) is 0 Å². The van der Waals surface area contributed by atoms with E-state index in [-0.39, 0.29) is 12.5 Å². The van der Waals surface area contributed by atoms with Crippen LogP contribution in [-0.2, 0) is 13.8 Å². The molecular weight excluding hydrogens is 407 g/mol. The van der Waals surface area contributed by atoms with Crippen LogP contribution in [-0.4, -0.2) is 41.1 Å². The molecular formula is C22H47O5PS. The molecule has 0 saturated heterocycles. The van der Waals surface area contributed by atoms with E-state index in [9.17, 15) is 4.57 Å². The van der Waals surface area contributed by atoms with Gasteiger partial charge in [-0.25, -0.2) is 4.57 Å². The molecule has 0 bridgehead atoms. The van der Waals surface area contributed by atoms with E-state index in [1.54, 1.807) is 0 Å². The van der Waals surface area contributed by atoms with Crippen molar-refractivity contribution in [2.75, 3.05) is 31.3 Å². The van der Waals surface area contributed by atoms with Crippen molar-refractivity contribution in [2.24, 2.45) is 5.92 Å². The molecule has 0 aliphatic carbocycles. The van der Waals surface area contributed by atoms with Gasteiger partial charge in [-0.2, -0.15) is 11.8 Å². The molecule has 0 amide bonds. The molecule has 29 heavy (non-hydrogen) atoms. The van der Waals surface area contributed by atoms with E-state index < -0.39 is 7.82 Å². The van der Waals surface area contributed by atoms with Gasteiger partial charge in [0.1, 0.15) is 0 Å². The van der Waals surface area contributed by atoms with Gasteiger partial charge < -0.3 is 14.5 Å². The number of rotatable bonds is 23. The van der Waals surface area contributed by atoms with Gasteiger partial charge in [-0.05, 0) is 19.1 Å². The number of hydrogen-bond donors (Lipinski definition) is 2. The maximum absolute atomic E-state index is 10.9. The lowest BCUT2D eigenvalue weighted by Crippen LogP contribution is -2.18. The van der Waals surface area contributed by atoms with Gasteiger partial charge in [0, 0.05) is 18.3 Å². The Hall–Kier alpha value is 0.420. The Morgan fingerprint density at radius 2 is 1.24 bits per heavy atom. The zero-order valence-corrected chi connectivity index (χ0v) is 20.7. The molecule has 0 fully saturated rings. The topological polar surface area (TPSA) is 76.0 Å². The van der Waals surface area contributed by atoms with Gasteiger partial charge in [-0.1, -0.05) is 90.4 Å². The standard InChI is InChI=1S/C22H47O5PS/c1-3-5-6-7-8-9-10-11-12-13-14-15-16-17-18-29-21-22(19-26-4-2)20-27-28(23,24)25/h22H,3-21H2,1-2H3,(H2,23,24,25). The van der Waals surface area contributed by atoms with E-state index in [0.717, 1.165) is 11.5 Å². The molecule has 0 rings (SSSR count). The van der Waals surface area contributed by atoms with Gasteiger partial charge in [0.15, 0.2) is 0 Å². The molecule has 2 N–H and O–H groups in total. The van der Waals surface area contributed by atoms with Crippen LogP contribution in [0.15, 0.2) is 0 Å². The first-order valence-corrected chi connectivity index (χ1v) is 14.5. The predicted octanol–water partition coefficient (Wildman–Crippen LogP) is 6.96. The van der Waals surface area contributed by atoms with Gasteiger partial charge in [-0.15, -0.1) is 0 Å². The normalized spacial score (nSPS) is 13.1. The number of ether oxygens (including phenoxy) is 1. The van der Waals surface area contributed by atoms with Crippen molar-refractivity contribution < 1.29 is 23.6 Å². The highest BCUT2D eigenvalue weighted by molar-refractivity contribution is 7.99. The summed E-state index contributed by atoms with van der Waals surface area (Å²) in [6.07, 6.45) is 19.2. The summed E-state index contributed by atoms with van der Waals surface area (Å²) in [4.78, 5) is 17.7. The van der Waals surface area contributed by atoms with Gasteiger partial charge >= 0.3 is 7.82 Å².